The van der Waals surface area contributed by atoms with E-state index in [2.05, 4.69) is 0 Å². The van der Waals surface area contributed by atoms with Crippen LogP contribution in [0.2, 0.25) is 0 Å². The van der Waals surface area contributed by atoms with E-state index >= 15 is 0 Å². The van der Waals surface area contributed by atoms with Crippen molar-refractivity contribution in [2.45, 2.75) is 25.3 Å². The molecule has 1 rings (SSSR count). The molecule has 1 fully saturated rings. The van der Waals surface area contributed by atoms with Gasteiger partial charge in [-0.2, -0.15) is 0 Å². The van der Waals surface area contributed by atoms with Crippen LogP contribution < -0.4 is 5.73 Å². The van der Waals surface area contributed by atoms with Crippen LogP contribution in [0, 0.1) is 0 Å². The summed E-state index contributed by atoms with van der Waals surface area (Å²) in [6, 6.07) is -1.35. The summed E-state index contributed by atoms with van der Waals surface area (Å²) >= 11 is 0. The lowest BCUT2D eigenvalue weighted by Gasteiger charge is -2.31. The van der Waals surface area contributed by atoms with Crippen molar-refractivity contribution >= 4 is 36.8 Å². The number of aliphatic carboxylic acids is 1. The second-order valence-corrected chi connectivity index (χ2v) is 2.88. The highest BCUT2D eigenvalue weighted by molar-refractivity contribution is 5.85. The molecule has 84 valence electrons. The summed E-state index contributed by atoms with van der Waals surface area (Å²) in [6.07, 6.45) is 2.20. The average Bonchev–Trinajstić information content (AvgIpc) is 2.04. The molecule has 0 saturated carbocycles. The molecule has 0 aromatic carbocycles. The molecule has 0 bridgehead atoms. The van der Waals surface area contributed by atoms with E-state index in [4.69, 9.17) is 10.8 Å². The zero-order valence-corrected chi connectivity index (χ0v) is 9.14. The molecule has 0 aromatic rings. The number of halogens is 2. The molecule has 3 N–H and O–H groups in total. The van der Waals surface area contributed by atoms with Crippen LogP contribution in [0.15, 0.2) is 0 Å². The zero-order valence-electron chi connectivity index (χ0n) is 7.51. The van der Waals surface area contributed by atoms with Crippen molar-refractivity contribution in [3.63, 3.8) is 0 Å². The Bertz CT molecular complexity index is 191. The third-order valence-corrected chi connectivity index (χ3v) is 2.07. The van der Waals surface area contributed by atoms with E-state index in [-0.39, 0.29) is 24.8 Å². The number of nitrogens with two attached hydrogens (primary N) is 1. The van der Waals surface area contributed by atoms with Crippen LogP contribution in [-0.2, 0) is 4.79 Å². The van der Waals surface area contributed by atoms with E-state index in [0.717, 1.165) is 12.8 Å². The number of carboxylic acids is 1. The molecule has 1 atom stereocenters. The molecular formula is C7H14Cl2N2O3. The number of urea groups is 1. The van der Waals surface area contributed by atoms with Crippen LogP contribution in [0.5, 0.6) is 0 Å². The van der Waals surface area contributed by atoms with Gasteiger partial charge in [0.25, 0.3) is 0 Å². The van der Waals surface area contributed by atoms with E-state index in [1.54, 1.807) is 0 Å². The van der Waals surface area contributed by atoms with Gasteiger partial charge in [0.1, 0.15) is 6.04 Å². The minimum atomic E-state index is -0.964. The van der Waals surface area contributed by atoms with Gasteiger partial charge in [-0.05, 0) is 19.3 Å². The fourth-order valence-electron chi connectivity index (χ4n) is 1.45. The molecule has 2 amide bonds. The third-order valence-electron chi connectivity index (χ3n) is 2.07. The summed E-state index contributed by atoms with van der Waals surface area (Å²) in [5, 5.41) is 8.71. The second-order valence-electron chi connectivity index (χ2n) is 2.88. The molecular weight excluding hydrogens is 231 g/mol. The lowest BCUT2D eigenvalue weighted by molar-refractivity contribution is -0.143. The van der Waals surface area contributed by atoms with Gasteiger partial charge in [-0.3, -0.25) is 0 Å². The lowest BCUT2D eigenvalue weighted by Crippen LogP contribution is -2.50. The maximum Gasteiger partial charge on any atom is 0.326 e. The van der Waals surface area contributed by atoms with Gasteiger partial charge in [0.05, 0.1) is 0 Å². The number of likely N-dealkylation sites (tertiary alicyclic amines) is 1. The summed E-state index contributed by atoms with van der Waals surface area (Å²) in [5.41, 5.74) is 5.02. The monoisotopic (exact) mass is 244 g/mol. The standard InChI is InChI=1S/C7H12N2O3.2ClH/c8-7(12)9-4-2-1-3-5(9)6(10)11;;/h5H,1-4H2,(H2,8,12)(H,10,11);2*1H. The van der Waals surface area contributed by atoms with Crippen molar-refractivity contribution in [1.29, 1.82) is 0 Å². The molecule has 1 heterocycles. The maximum absolute atomic E-state index is 10.8. The highest BCUT2D eigenvalue weighted by Gasteiger charge is 2.30. The Morgan fingerprint density at radius 2 is 1.86 bits per heavy atom. The zero-order chi connectivity index (χ0) is 9.14. The Morgan fingerprint density at radius 1 is 1.29 bits per heavy atom. The average molecular weight is 245 g/mol. The number of primary amides is 1. The van der Waals surface area contributed by atoms with Gasteiger partial charge in [-0.1, -0.05) is 0 Å². The summed E-state index contributed by atoms with van der Waals surface area (Å²) in [5.74, 6) is -0.964. The van der Waals surface area contributed by atoms with E-state index in [1.165, 1.54) is 4.90 Å². The number of carbonyl (C=O) groups excluding carboxylic acids is 1. The summed E-state index contributed by atoms with van der Waals surface area (Å²) in [4.78, 5) is 22.6. The number of piperidine rings is 1. The molecule has 0 aliphatic carbocycles. The van der Waals surface area contributed by atoms with Crippen LogP contribution >= 0.6 is 24.8 Å². The van der Waals surface area contributed by atoms with Crippen LogP contribution in [0.1, 0.15) is 19.3 Å². The molecule has 5 nitrogen and oxygen atoms in total. The molecule has 1 aliphatic rings. The Hall–Kier alpha value is -0.680. The van der Waals surface area contributed by atoms with Crippen LogP contribution in [0.3, 0.4) is 0 Å². The first kappa shape index (κ1) is 15.8. The first-order valence-electron chi connectivity index (χ1n) is 3.92. The van der Waals surface area contributed by atoms with E-state index in [1.807, 2.05) is 0 Å². The Kier molecular flexibility index (Phi) is 7.58. The predicted octanol–water partition coefficient (Wildman–Crippen LogP) is 0.848. The van der Waals surface area contributed by atoms with Crippen LogP contribution in [0.25, 0.3) is 0 Å². The number of carboxylic acid groups (broad SMARTS) is 1. The Labute approximate surface area is 94.4 Å². The summed E-state index contributed by atoms with van der Waals surface area (Å²) < 4.78 is 0. The highest BCUT2D eigenvalue weighted by atomic mass is 35.5. The first-order valence-corrected chi connectivity index (χ1v) is 3.92. The first-order chi connectivity index (χ1) is 5.63. The molecule has 14 heavy (non-hydrogen) atoms. The van der Waals surface area contributed by atoms with Gasteiger partial charge in [0.15, 0.2) is 0 Å². The number of rotatable bonds is 1. The van der Waals surface area contributed by atoms with E-state index < -0.39 is 18.0 Å². The lowest BCUT2D eigenvalue weighted by atomic mass is 10.0. The number of carbonyl (C=O) groups is 2. The molecule has 7 heteroatoms. The van der Waals surface area contributed by atoms with Crippen molar-refractivity contribution in [1.82, 2.24) is 4.90 Å². The summed E-state index contributed by atoms with van der Waals surface area (Å²) in [6.45, 7) is 0.465. The number of nitrogens with zero attached hydrogens (tertiary/aromatic N) is 1. The molecule has 1 unspecified atom stereocenters. The number of hydrogen-bond acceptors (Lipinski definition) is 2. The van der Waals surface area contributed by atoms with Gasteiger partial charge < -0.3 is 15.7 Å². The van der Waals surface area contributed by atoms with Crippen molar-refractivity contribution in [3.05, 3.63) is 0 Å². The molecule has 1 aliphatic heterocycles. The van der Waals surface area contributed by atoms with Crippen molar-refractivity contribution in [2.24, 2.45) is 5.73 Å². The van der Waals surface area contributed by atoms with Crippen LogP contribution in [-0.4, -0.2) is 34.6 Å². The minimum absolute atomic E-state index is 0. The smallest absolute Gasteiger partial charge is 0.326 e. The van der Waals surface area contributed by atoms with E-state index in [9.17, 15) is 9.59 Å². The molecule has 0 aromatic heterocycles. The molecule has 0 radical (unpaired) electrons. The van der Waals surface area contributed by atoms with Crippen molar-refractivity contribution in [3.8, 4) is 0 Å². The van der Waals surface area contributed by atoms with Gasteiger partial charge in [-0.25, -0.2) is 9.59 Å². The maximum atomic E-state index is 10.8. The van der Waals surface area contributed by atoms with Gasteiger partial charge >= 0.3 is 12.0 Å². The minimum Gasteiger partial charge on any atom is -0.480 e. The van der Waals surface area contributed by atoms with Crippen molar-refractivity contribution < 1.29 is 14.7 Å². The fraction of sp³-hybridized carbons (Fsp3) is 0.714. The number of amides is 2. The summed E-state index contributed by atoms with van der Waals surface area (Å²) in [7, 11) is 0. The largest absolute Gasteiger partial charge is 0.480 e. The molecule has 0 spiro atoms. The topological polar surface area (TPSA) is 83.6 Å². The predicted molar refractivity (Wildman–Crippen MR) is 56.1 cm³/mol. The van der Waals surface area contributed by atoms with Crippen molar-refractivity contribution in [2.75, 3.05) is 6.54 Å². The van der Waals surface area contributed by atoms with Gasteiger partial charge in [0.2, 0.25) is 0 Å². The number of hydrogen-bond donors (Lipinski definition) is 2. The third kappa shape index (κ3) is 3.59. The highest BCUT2D eigenvalue weighted by Crippen LogP contribution is 2.16. The normalized spacial score (nSPS) is 20.3. The Balaban J connectivity index is 0. The quantitative estimate of drug-likeness (QED) is 0.718. The van der Waals surface area contributed by atoms with Gasteiger partial charge in [0, 0.05) is 6.54 Å². The van der Waals surface area contributed by atoms with Gasteiger partial charge in [-0.15, -0.1) is 24.8 Å². The SMILES string of the molecule is Cl.Cl.NC(=O)N1CCCCC1C(=O)O. The fourth-order valence-corrected chi connectivity index (χ4v) is 1.45. The Morgan fingerprint density at radius 3 is 2.21 bits per heavy atom. The second kappa shape index (κ2) is 6.73. The van der Waals surface area contributed by atoms with E-state index in [0.29, 0.717) is 13.0 Å². The van der Waals surface area contributed by atoms with Crippen LogP contribution in [0.4, 0.5) is 4.79 Å². The molecule has 1 saturated heterocycles.